The van der Waals surface area contributed by atoms with E-state index in [9.17, 15) is 14.9 Å². The molecule has 0 spiro atoms. The molecule has 0 saturated carbocycles. The molecule has 0 bridgehead atoms. The molecular weight excluding hydrogens is 354 g/mol. The van der Waals surface area contributed by atoms with Crippen LogP contribution in [0.1, 0.15) is 16.7 Å². The lowest BCUT2D eigenvalue weighted by atomic mass is 10.1. The van der Waals surface area contributed by atoms with E-state index < -0.39 is 4.92 Å². The second-order valence-electron chi connectivity index (χ2n) is 6.52. The van der Waals surface area contributed by atoms with Gasteiger partial charge in [0, 0.05) is 30.4 Å². The van der Waals surface area contributed by atoms with Crippen LogP contribution in [0.5, 0.6) is 0 Å². The number of amides is 2. The van der Waals surface area contributed by atoms with E-state index in [1.54, 1.807) is 24.0 Å². The number of nitrogens with one attached hydrogen (secondary N) is 1. The molecule has 0 unspecified atom stereocenters. The highest BCUT2D eigenvalue weighted by atomic mass is 16.6. The smallest absolute Gasteiger partial charge is 0.316 e. The molecule has 0 saturated heterocycles. The van der Waals surface area contributed by atoms with Gasteiger partial charge in [-0.3, -0.25) is 10.1 Å². The first-order chi connectivity index (χ1) is 13.5. The van der Waals surface area contributed by atoms with Crippen molar-refractivity contribution in [3.8, 4) is 0 Å². The number of anilines is 1. The predicted octanol–water partition coefficient (Wildman–Crippen LogP) is 5.14. The highest BCUT2D eigenvalue weighted by Crippen LogP contribution is 2.23. The molecule has 1 N–H and O–H groups in total. The maximum Gasteiger partial charge on any atom is 0.322 e. The molecule has 3 aromatic rings. The van der Waals surface area contributed by atoms with Crippen molar-refractivity contribution < 1.29 is 9.72 Å². The average molecular weight is 375 g/mol. The maximum atomic E-state index is 12.9. The van der Waals surface area contributed by atoms with E-state index in [0.717, 1.165) is 11.1 Å². The number of urea groups is 1. The number of nitrogens with zero attached hydrogens (tertiary/aromatic N) is 2. The average Bonchev–Trinajstić information content (AvgIpc) is 2.70. The number of hydrogen-bond donors (Lipinski definition) is 1. The molecule has 0 fully saturated rings. The summed E-state index contributed by atoms with van der Waals surface area (Å²) in [6.45, 7) is 2.52. The molecule has 0 aliphatic carbocycles. The van der Waals surface area contributed by atoms with Crippen LogP contribution in [0.15, 0.2) is 78.9 Å². The fourth-order valence-corrected chi connectivity index (χ4v) is 2.89. The minimum atomic E-state index is -0.448. The molecule has 142 valence electrons. The first-order valence-electron chi connectivity index (χ1n) is 8.92. The van der Waals surface area contributed by atoms with Crippen molar-refractivity contribution >= 4 is 17.4 Å². The number of aryl methyl sites for hydroxylation is 1. The van der Waals surface area contributed by atoms with Gasteiger partial charge in [-0.2, -0.15) is 0 Å². The maximum absolute atomic E-state index is 12.9. The fraction of sp³-hybridized carbons (Fsp3) is 0.136. The number of nitro benzene ring substituents is 1. The van der Waals surface area contributed by atoms with Gasteiger partial charge in [0.25, 0.3) is 5.69 Å². The second-order valence-corrected chi connectivity index (χ2v) is 6.52. The quantitative estimate of drug-likeness (QED) is 0.479. The van der Waals surface area contributed by atoms with Gasteiger partial charge in [0.2, 0.25) is 0 Å². The van der Waals surface area contributed by atoms with Crippen LogP contribution < -0.4 is 5.32 Å². The normalized spacial score (nSPS) is 10.3. The van der Waals surface area contributed by atoms with E-state index in [0.29, 0.717) is 24.3 Å². The summed E-state index contributed by atoms with van der Waals surface area (Å²) in [6.07, 6.45) is 0. The number of benzene rings is 3. The summed E-state index contributed by atoms with van der Waals surface area (Å²) in [5.41, 5.74) is 2.93. The lowest BCUT2D eigenvalue weighted by molar-refractivity contribution is -0.385. The lowest BCUT2D eigenvalue weighted by Crippen LogP contribution is -2.34. The number of rotatable bonds is 6. The number of hydrogen-bond acceptors (Lipinski definition) is 3. The molecule has 3 aromatic carbocycles. The Bertz CT molecular complexity index is 918. The first kappa shape index (κ1) is 19.1. The van der Waals surface area contributed by atoms with Crippen molar-refractivity contribution in [3.63, 3.8) is 0 Å². The predicted molar refractivity (Wildman–Crippen MR) is 109 cm³/mol. The van der Waals surface area contributed by atoms with E-state index >= 15 is 0 Å². The van der Waals surface area contributed by atoms with Crippen molar-refractivity contribution in [1.29, 1.82) is 0 Å². The number of carbonyl (C=O) groups excluding carboxylic acids is 1. The molecule has 6 heteroatoms. The van der Waals surface area contributed by atoms with Crippen LogP contribution in [0.25, 0.3) is 0 Å². The van der Waals surface area contributed by atoms with Crippen molar-refractivity contribution in [2.45, 2.75) is 20.0 Å². The zero-order chi connectivity index (χ0) is 19.9. The molecule has 0 radical (unpaired) electrons. The van der Waals surface area contributed by atoms with Crippen LogP contribution in [0.2, 0.25) is 0 Å². The molecule has 0 heterocycles. The van der Waals surface area contributed by atoms with E-state index in [1.807, 2.05) is 60.7 Å². The summed E-state index contributed by atoms with van der Waals surface area (Å²) in [5, 5.41) is 13.9. The zero-order valence-corrected chi connectivity index (χ0v) is 15.5. The summed E-state index contributed by atoms with van der Waals surface area (Å²) in [7, 11) is 0. The third-order valence-electron chi connectivity index (χ3n) is 4.38. The standard InChI is InChI=1S/C22H21N3O3/c1-17-12-13-20(14-21(17)25(27)28)23-22(26)24(15-18-8-4-2-5-9-18)16-19-10-6-3-7-11-19/h2-14H,15-16H2,1H3,(H,23,26). The molecule has 3 rings (SSSR count). The van der Waals surface area contributed by atoms with Gasteiger partial charge >= 0.3 is 6.03 Å². The van der Waals surface area contributed by atoms with Gasteiger partial charge in [-0.05, 0) is 24.1 Å². The Morgan fingerprint density at radius 1 is 0.929 bits per heavy atom. The Kier molecular flexibility index (Phi) is 6.01. The van der Waals surface area contributed by atoms with Crippen molar-refractivity contribution in [1.82, 2.24) is 4.90 Å². The van der Waals surface area contributed by atoms with Gasteiger partial charge in [-0.15, -0.1) is 0 Å². The molecule has 0 atom stereocenters. The topological polar surface area (TPSA) is 75.5 Å². The minimum absolute atomic E-state index is 0.0181. The summed E-state index contributed by atoms with van der Waals surface area (Å²) in [4.78, 5) is 25.3. The van der Waals surface area contributed by atoms with E-state index in [4.69, 9.17) is 0 Å². The van der Waals surface area contributed by atoms with Gasteiger partial charge in [0.15, 0.2) is 0 Å². The Balaban J connectivity index is 1.81. The number of nitro groups is 1. The zero-order valence-electron chi connectivity index (χ0n) is 15.5. The Morgan fingerprint density at radius 2 is 1.46 bits per heavy atom. The Hall–Kier alpha value is -3.67. The molecule has 6 nitrogen and oxygen atoms in total. The van der Waals surface area contributed by atoms with Gasteiger partial charge < -0.3 is 10.2 Å². The molecule has 0 aliphatic heterocycles. The van der Waals surface area contributed by atoms with Crippen molar-refractivity contribution in [3.05, 3.63) is 106 Å². The highest BCUT2D eigenvalue weighted by Gasteiger charge is 2.17. The summed E-state index contributed by atoms with van der Waals surface area (Å²) in [6, 6.07) is 23.8. The molecule has 2 amide bonds. The largest absolute Gasteiger partial charge is 0.322 e. The minimum Gasteiger partial charge on any atom is -0.316 e. The molecular formula is C22H21N3O3. The number of carbonyl (C=O) groups is 1. The third kappa shape index (κ3) is 4.94. The van der Waals surface area contributed by atoms with Crippen LogP contribution in [-0.4, -0.2) is 15.9 Å². The Labute approximate surface area is 163 Å². The Morgan fingerprint density at radius 3 is 1.96 bits per heavy atom. The first-order valence-corrected chi connectivity index (χ1v) is 8.92. The van der Waals surface area contributed by atoms with Crippen molar-refractivity contribution in [2.75, 3.05) is 5.32 Å². The van der Waals surface area contributed by atoms with Crippen molar-refractivity contribution in [2.24, 2.45) is 0 Å². The molecule has 28 heavy (non-hydrogen) atoms. The van der Waals surface area contributed by atoms with Crippen LogP contribution in [-0.2, 0) is 13.1 Å². The van der Waals surface area contributed by atoms with Gasteiger partial charge in [0.1, 0.15) is 0 Å². The highest BCUT2D eigenvalue weighted by molar-refractivity contribution is 5.89. The fourth-order valence-electron chi connectivity index (χ4n) is 2.89. The van der Waals surface area contributed by atoms with Gasteiger partial charge in [0.05, 0.1) is 4.92 Å². The summed E-state index contributed by atoms with van der Waals surface area (Å²) < 4.78 is 0. The molecule has 0 aliphatic rings. The molecule has 0 aromatic heterocycles. The second kappa shape index (κ2) is 8.81. The summed E-state index contributed by atoms with van der Waals surface area (Å²) >= 11 is 0. The van der Waals surface area contributed by atoms with Crippen LogP contribution in [0, 0.1) is 17.0 Å². The third-order valence-corrected chi connectivity index (χ3v) is 4.38. The van der Waals surface area contributed by atoms with Crippen LogP contribution in [0.4, 0.5) is 16.2 Å². The van der Waals surface area contributed by atoms with E-state index in [1.165, 1.54) is 6.07 Å². The summed E-state index contributed by atoms with van der Waals surface area (Å²) in [5.74, 6) is 0. The van der Waals surface area contributed by atoms with Crippen LogP contribution >= 0.6 is 0 Å². The van der Waals surface area contributed by atoms with Gasteiger partial charge in [-0.25, -0.2) is 4.79 Å². The van der Waals surface area contributed by atoms with E-state index in [2.05, 4.69) is 5.32 Å². The monoisotopic (exact) mass is 375 g/mol. The van der Waals surface area contributed by atoms with Crippen LogP contribution in [0.3, 0.4) is 0 Å². The lowest BCUT2D eigenvalue weighted by Gasteiger charge is -2.23. The SMILES string of the molecule is Cc1ccc(NC(=O)N(Cc2ccccc2)Cc2ccccc2)cc1[N+](=O)[O-]. The van der Waals surface area contributed by atoms with E-state index in [-0.39, 0.29) is 11.7 Å². The van der Waals surface area contributed by atoms with Gasteiger partial charge in [-0.1, -0.05) is 66.7 Å².